The SMILES string of the molecule is COc1ccc(C(CNC(=O)CCc2nc3ccccc3c(=O)n2C2CC2)N(C)C)cc1. The Kier molecular flexibility index (Phi) is 6.55. The normalized spacial score (nSPS) is 14.5. The number of nitrogens with zero attached hydrogens (tertiary/aromatic N) is 3. The van der Waals surface area contributed by atoms with Gasteiger partial charge in [-0.25, -0.2) is 4.98 Å². The number of rotatable bonds is 9. The molecule has 4 rings (SSSR count). The predicted octanol–water partition coefficient (Wildman–Crippen LogP) is 3.09. The second-order valence-corrected chi connectivity index (χ2v) is 8.51. The van der Waals surface area contributed by atoms with Gasteiger partial charge in [-0.1, -0.05) is 24.3 Å². The zero-order valence-electron chi connectivity index (χ0n) is 18.9. The number of benzene rings is 2. The van der Waals surface area contributed by atoms with E-state index in [1.807, 2.05) is 62.6 Å². The second-order valence-electron chi connectivity index (χ2n) is 8.51. The molecule has 0 aliphatic heterocycles. The molecule has 0 saturated heterocycles. The maximum absolute atomic E-state index is 13.0. The molecule has 1 unspecified atom stereocenters. The summed E-state index contributed by atoms with van der Waals surface area (Å²) >= 11 is 0. The maximum atomic E-state index is 13.0. The lowest BCUT2D eigenvalue weighted by Gasteiger charge is -2.25. The molecule has 1 saturated carbocycles. The van der Waals surface area contributed by atoms with Crippen LogP contribution in [0.1, 0.15) is 42.7 Å². The average molecular weight is 435 g/mol. The molecule has 1 amide bonds. The van der Waals surface area contributed by atoms with Crippen LogP contribution in [0.25, 0.3) is 10.9 Å². The summed E-state index contributed by atoms with van der Waals surface area (Å²) < 4.78 is 7.04. The topological polar surface area (TPSA) is 76.5 Å². The molecule has 1 atom stereocenters. The highest BCUT2D eigenvalue weighted by Crippen LogP contribution is 2.35. The number of carbonyl (C=O) groups excluding carboxylic acids is 1. The number of aryl methyl sites for hydroxylation is 1. The van der Waals surface area contributed by atoms with Crippen molar-refractivity contribution in [2.75, 3.05) is 27.7 Å². The van der Waals surface area contributed by atoms with Crippen LogP contribution >= 0.6 is 0 Å². The first kappa shape index (κ1) is 22.0. The molecular weight excluding hydrogens is 404 g/mol. The lowest BCUT2D eigenvalue weighted by Crippen LogP contribution is -2.35. The van der Waals surface area contributed by atoms with E-state index in [1.165, 1.54) is 0 Å². The number of fused-ring (bicyclic) bond motifs is 1. The van der Waals surface area contributed by atoms with E-state index in [0.717, 1.165) is 24.2 Å². The zero-order chi connectivity index (χ0) is 22.7. The number of nitrogens with one attached hydrogen (secondary N) is 1. The van der Waals surface area contributed by atoms with E-state index in [-0.39, 0.29) is 23.6 Å². The van der Waals surface area contributed by atoms with Crippen molar-refractivity contribution in [2.24, 2.45) is 0 Å². The van der Waals surface area contributed by atoms with Crippen LogP contribution in [0.15, 0.2) is 53.3 Å². The zero-order valence-corrected chi connectivity index (χ0v) is 18.9. The smallest absolute Gasteiger partial charge is 0.261 e. The third-order valence-corrected chi connectivity index (χ3v) is 5.99. The van der Waals surface area contributed by atoms with Crippen LogP contribution in [0.2, 0.25) is 0 Å². The van der Waals surface area contributed by atoms with Crippen LogP contribution in [0, 0.1) is 0 Å². The van der Waals surface area contributed by atoms with Crippen molar-refractivity contribution in [2.45, 2.75) is 37.8 Å². The third-order valence-electron chi connectivity index (χ3n) is 5.99. The molecule has 7 nitrogen and oxygen atoms in total. The summed E-state index contributed by atoms with van der Waals surface area (Å²) in [5.74, 6) is 1.46. The van der Waals surface area contributed by atoms with E-state index in [4.69, 9.17) is 9.72 Å². The van der Waals surface area contributed by atoms with Gasteiger partial charge in [-0.15, -0.1) is 0 Å². The van der Waals surface area contributed by atoms with E-state index in [0.29, 0.717) is 36.1 Å². The Balaban J connectivity index is 1.43. The van der Waals surface area contributed by atoms with Crippen LogP contribution in [-0.2, 0) is 11.2 Å². The van der Waals surface area contributed by atoms with Crippen LogP contribution in [0.5, 0.6) is 5.75 Å². The number of likely N-dealkylation sites (N-methyl/N-ethyl adjacent to an activating group) is 1. The van der Waals surface area contributed by atoms with Crippen molar-refractivity contribution in [1.82, 2.24) is 19.8 Å². The Morgan fingerprint density at radius 3 is 2.56 bits per heavy atom. The number of amides is 1. The number of aromatic nitrogens is 2. The number of methoxy groups -OCH3 is 1. The molecule has 0 spiro atoms. The first-order chi connectivity index (χ1) is 15.5. The minimum absolute atomic E-state index is 0.000635. The molecule has 7 heteroatoms. The molecule has 32 heavy (non-hydrogen) atoms. The highest BCUT2D eigenvalue weighted by Gasteiger charge is 2.28. The van der Waals surface area contributed by atoms with Crippen molar-refractivity contribution < 1.29 is 9.53 Å². The number of carbonyl (C=O) groups is 1. The monoisotopic (exact) mass is 434 g/mol. The summed E-state index contributed by atoms with van der Waals surface area (Å²) in [6.07, 6.45) is 2.72. The molecule has 1 fully saturated rings. The highest BCUT2D eigenvalue weighted by atomic mass is 16.5. The van der Waals surface area contributed by atoms with Gasteiger partial charge in [-0.2, -0.15) is 0 Å². The van der Waals surface area contributed by atoms with E-state index in [2.05, 4.69) is 10.2 Å². The van der Waals surface area contributed by atoms with Gasteiger partial charge in [0, 0.05) is 25.4 Å². The third kappa shape index (κ3) is 4.83. The quantitative estimate of drug-likeness (QED) is 0.560. The van der Waals surface area contributed by atoms with Crippen molar-refractivity contribution >= 4 is 16.8 Å². The second kappa shape index (κ2) is 9.53. The Bertz CT molecular complexity index is 1150. The molecule has 1 aliphatic carbocycles. The fraction of sp³-hybridized carbons (Fsp3) is 0.400. The van der Waals surface area contributed by atoms with E-state index in [9.17, 15) is 9.59 Å². The summed E-state index contributed by atoms with van der Waals surface area (Å²) in [6, 6.07) is 15.6. The van der Waals surface area contributed by atoms with Crippen LogP contribution in [-0.4, -0.2) is 48.1 Å². The van der Waals surface area contributed by atoms with Gasteiger partial charge in [0.1, 0.15) is 11.6 Å². The van der Waals surface area contributed by atoms with Gasteiger partial charge in [0.05, 0.1) is 24.1 Å². The molecule has 168 valence electrons. The Morgan fingerprint density at radius 2 is 1.91 bits per heavy atom. The number of hydrogen-bond donors (Lipinski definition) is 1. The maximum Gasteiger partial charge on any atom is 0.261 e. The number of hydrogen-bond acceptors (Lipinski definition) is 5. The molecule has 1 heterocycles. The standard InChI is InChI=1S/C25H30N4O3/c1-28(2)22(17-8-12-19(32-3)13-9-17)16-26-24(30)15-14-23-27-21-7-5-4-6-20(21)25(31)29(23)18-10-11-18/h4-9,12-13,18,22H,10-11,14-16H2,1-3H3,(H,26,30). The Hall–Kier alpha value is -3.19. The summed E-state index contributed by atoms with van der Waals surface area (Å²) in [6.45, 7) is 0.499. The summed E-state index contributed by atoms with van der Waals surface area (Å²) in [5, 5.41) is 3.69. The van der Waals surface area contributed by atoms with Crippen molar-refractivity contribution in [3.8, 4) is 5.75 Å². The molecule has 3 aromatic rings. The average Bonchev–Trinajstić information content (AvgIpc) is 3.63. The molecule has 0 radical (unpaired) electrons. The first-order valence-corrected chi connectivity index (χ1v) is 11.0. The Labute approximate surface area is 188 Å². The van der Waals surface area contributed by atoms with Gasteiger partial charge < -0.3 is 15.0 Å². The summed E-state index contributed by atoms with van der Waals surface area (Å²) in [4.78, 5) is 32.4. The molecule has 1 aromatic heterocycles. The lowest BCUT2D eigenvalue weighted by molar-refractivity contribution is -0.121. The van der Waals surface area contributed by atoms with Gasteiger partial charge in [-0.3, -0.25) is 14.2 Å². The molecule has 2 aromatic carbocycles. The molecular formula is C25H30N4O3. The highest BCUT2D eigenvalue weighted by molar-refractivity contribution is 5.78. The predicted molar refractivity (Wildman–Crippen MR) is 125 cm³/mol. The van der Waals surface area contributed by atoms with Gasteiger partial charge in [0.2, 0.25) is 5.91 Å². The fourth-order valence-electron chi connectivity index (χ4n) is 4.03. The molecule has 1 N–H and O–H groups in total. The van der Waals surface area contributed by atoms with E-state index >= 15 is 0 Å². The lowest BCUT2D eigenvalue weighted by atomic mass is 10.1. The van der Waals surface area contributed by atoms with Crippen molar-refractivity contribution in [3.63, 3.8) is 0 Å². The Morgan fingerprint density at radius 1 is 1.19 bits per heavy atom. The minimum atomic E-state index is -0.0462. The van der Waals surface area contributed by atoms with Crippen LogP contribution < -0.4 is 15.6 Å². The largest absolute Gasteiger partial charge is 0.497 e. The van der Waals surface area contributed by atoms with Gasteiger partial charge in [0.15, 0.2) is 0 Å². The van der Waals surface area contributed by atoms with Gasteiger partial charge >= 0.3 is 0 Å². The molecule has 0 bridgehead atoms. The van der Waals surface area contributed by atoms with Crippen molar-refractivity contribution in [1.29, 1.82) is 0 Å². The molecule has 1 aliphatic rings. The van der Waals surface area contributed by atoms with Gasteiger partial charge in [-0.05, 0) is 56.8 Å². The minimum Gasteiger partial charge on any atom is -0.497 e. The van der Waals surface area contributed by atoms with Crippen LogP contribution in [0.4, 0.5) is 0 Å². The van der Waals surface area contributed by atoms with Crippen LogP contribution in [0.3, 0.4) is 0 Å². The van der Waals surface area contributed by atoms with E-state index < -0.39 is 0 Å². The fourth-order valence-corrected chi connectivity index (χ4v) is 4.03. The van der Waals surface area contributed by atoms with E-state index in [1.54, 1.807) is 11.7 Å². The summed E-state index contributed by atoms with van der Waals surface area (Å²) in [7, 11) is 5.63. The number of ether oxygens (including phenoxy) is 1. The first-order valence-electron chi connectivity index (χ1n) is 11.0. The number of para-hydroxylation sites is 1. The van der Waals surface area contributed by atoms with Gasteiger partial charge in [0.25, 0.3) is 5.56 Å². The van der Waals surface area contributed by atoms with Crippen molar-refractivity contribution in [3.05, 3.63) is 70.3 Å². The summed E-state index contributed by atoms with van der Waals surface area (Å²) in [5.41, 5.74) is 1.80.